The van der Waals surface area contributed by atoms with Crippen molar-refractivity contribution in [2.24, 2.45) is 0 Å². The van der Waals surface area contributed by atoms with Crippen molar-refractivity contribution in [3.63, 3.8) is 0 Å². The van der Waals surface area contributed by atoms with E-state index in [2.05, 4.69) is 11.0 Å². The molecule has 2 aromatic carbocycles. The first kappa shape index (κ1) is 12.3. The van der Waals surface area contributed by atoms with Crippen LogP contribution in [0.15, 0.2) is 30.3 Å². The summed E-state index contributed by atoms with van der Waals surface area (Å²) in [5, 5.41) is 2.07. The molecule has 98 valence electrons. The van der Waals surface area contributed by atoms with E-state index < -0.39 is 0 Å². The van der Waals surface area contributed by atoms with E-state index in [0.717, 1.165) is 23.0 Å². The molecule has 1 aliphatic heterocycles. The number of rotatable bonds is 3. The molecule has 1 heterocycles. The van der Waals surface area contributed by atoms with Crippen LogP contribution in [0.25, 0.3) is 10.8 Å². The molecule has 1 atom stereocenters. The Bertz CT molecular complexity index is 641. The number of benzene rings is 2. The second-order valence-corrected chi connectivity index (χ2v) is 5.11. The van der Waals surface area contributed by atoms with Gasteiger partial charge in [0.15, 0.2) is 0 Å². The summed E-state index contributed by atoms with van der Waals surface area (Å²) in [5.41, 5.74) is 2.35. The standard InChI is InChI=1S/C15H14ClNO2/c1-17-8-10(7-16)15-12-5-3-2-4-11(12)14(19-9-18)6-13(15)17/h2-6,9-10H,7-8H2,1H3/t10-/m1/s1. The highest BCUT2D eigenvalue weighted by atomic mass is 35.5. The van der Waals surface area contributed by atoms with Crippen molar-refractivity contribution in [3.8, 4) is 5.75 Å². The highest BCUT2D eigenvalue weighted by Crippen LogP contribution is 2.44. The van der Waals surface area contributed by atoms with Crippen molar-refractivity contribution in [1.29, 1.82) is 0 Å². The molecule has 2 aromatic rings. The Morgan fingerprint density at radius 1 is 1.42 bits per heavy atom. The quantitative estimate of drug-likeness (QED) is 0.637. The number of halogens is 1. The molecule has 19 heavy (non-hydrogen) atoms. The van der Waals surface area contributed by atoms with Crippen molar-refractivity contribution in [2.45, 2.75) is 5.92 Å². The van der Waals surface area contributed by atoms with Crippen molar-refractivity contribution >= 4 is 34.5 Å². The second-order valence-electron chi connectivity index (χ2n) is 4.80. The molecule has 0 saturated heterocycles. The predicted molar refractivity (Wildman–Crippen MR) is 77.4 cm³/mol. The molecule has 3 rings (SSSR count). The molecule has 0 bridgehead atoms. The molecule has 0 unspecified atom stereocenters. The van der Waals surface area contributed by atoms with E-state index in [0.29, 0.717) is 24.0 Å². The number of carbonyl (C=O) groups excluding carboxylic acids is 1. The highest BCUT2D eigenvalue weighted by Gasteiger charge is 2.29. The molecular weight excluding hydrogens is 262 g/mol. The van der Waals surface area contributed by atoms with Gasteiger partial charge in [-0.15, -0.1) is 11.6 Å². The number of carbonyl (C=O) groups is 1. The zero-order valence-corrected chi connectivity index (χ0v) is 11.4. The van der Waals surface area contributed by atoms with Crippen LogP contribution in [0.4, 0.5) is 5.69 Å². The molecule has 0 saturated carbocycles. The topological polar surface area (TPSA) is 29.5 Å². The average molecular weight is 276 g/mol. The van der Waals surface area contributed by atoms with Crippen LogP contribution >= 0.6 is 11.6 Å². The number of anilines is 1. The summed E-state index contributed by atoms with van der Waals surface area (Å²) >= 11 is 6.09. The maximum absolute atomic E-state index is 10.7. The highest BCUT2D eigenvalue weighted by molar-refractivity contribution is 6.18. The van der Waals surface area contributed by atoms with Gasteiger partial charge in [-0.1, -0.05) is 24.3 Å². The molecule has 0 aromatic heterocycles. The average Bonchev–Trinajstić information content (AvgIpc) is 2.76. The third-order valence-corrected chi connectivity index (χ3v) is 4.07. The number of hydrogen-bond donors (Lipinski definition) is 0. The first-order valence-electron chi connectivity index (χ1n) is 6.19. The fraction of sp³-hybridized carbons (Fsp3) is 0.267. The number of nitrogens with zero attached hydrogens (tertiary/aromatic N) is 1. The lowest BCUT2D eigenvalue weighted by atomic mass is 9.95. The molecule has 0 N–H and O–H groups in total. The number of fused-ring (bicyclic) bond motifs is 3. The molecule has 1 aliphatic rings. The van der Waals surface area contributed by atoms with Crippen LogP contribution in [0.1, 0.15) is 11.5 Å². The predicted octanol–water partition coefficient (Wildman–Crippen LogP) is 3.15. The molecule has 0 aliphatic carbocycles. The minimum atomic E-state index is 0.317. The Hall–Kier alpha value is -1.74. The molecule has 0 fully saturated rings. The largest absolute Gasteiger partial charge is 0.428 e. The van der Waals surface area contributed by atoms with Gasteiger partial charge in [-0.05, 0) is 10.9 Å². The van der Waals surface area contributed by atoms with Crippen LogP contribution in [0.2, 0.25) is 0 Å². The van der Waals surface area contributed by atoms with Gasteiger partial charge in [-0.2, -0.15) is 0 Å². The number of ether oxygens (including phenoxy) is 1. The Morgan fingerprint density at radius 3 is 2.84 bits per heavy atom. The summed E-state index contributed by atoms with van der Waals surface area (Å²) in [5.74, 6) is 1.51. The van der Waals surface area contributed by atoms with E-state index in [-0.39, 0.29) is 0 Å². The van der Waals surface area contributed by atoms with Gasteiger partial charge in [-0.3, -0.25) is 4.79 Å². The number of hydrogen-bond acceptors (Lipinski definition) is 3. The van der Waals surface area contributed by atoms with Crippen LogP contribution in [0.5, 0.6) is 5.75 Å². The van der Waals surface area contributed by atoms with Crippen molar-refractivity contribution in [3.05, 3.63) is 35.9 Å². The van der Waals surface area contributed by atoms with Gasteiger partial charge < -0.3 is 9.64 Å². The molecule has 0 amide bonds. The first-order chi connectivity index (χ1) is 9.26. The number of alkyl halides is 1. The number of likely N-dealkylation sites (N-methyl/N-ethyl adjacent to an activating group) is 1. The van der Waals surface area contributed by atoms with Gasteiger partial charge in [0.1, 0.15) is 5.75 Å². The Kier molecular flexibility index (Phi) is 3.07. The zero-order chi connectivity index (χ0) is 13.4. The van der Waals surface area contributed by atoms with E-state index in [4.69, 9.17) is 16.3 Å². The van der Waals surface area contributed by atoms with Gasteiger partial charge >= 0.3 is 0 Å². The minimum absolute atomic E-state index is 0.317. The third-order valence-electron chi connectivity index (χ3n) is 3.70. The SMILES string of the molecule is CN1C[C@@H](CCl)c2c1cc(OC=O)c1ccccc21. The summed E-state index contributed by atoms with van der Waals surface area (Å²) in [6.07, 6.45) is 0. The van der Waals surface area contributed by atoms with E-state index in [1.165, 1.54) is 5.56 Å². The Morgan fingerprint density at radius 2 is 2.16 bits per heavy atom. The molecule has 0 radical (unpaired) electrons. The lowest BCUT2D eigenvalue weighted by molar-refractivity contribution is -0.120. The van der Waals surface area contributed by atoms with Crippen molar-refractivity contribution in [1.82, 2.24) is 0 Å². The summed E-state index contributed by atoms with van der Waals surface area (Å²) < 4.78 is 5.12. The second kappa shape index (κ2) is 4.74. The van der Waals surface area contributed by atoms with Gasteiger partial charge in [-0.25, -0.2) is 0 Å². The third kappa shape index (κ3) is 1.85. The molecule has 4 heteroatoms. The molecular formula is C15H14ClNO2. The smallest absolute Gasteiger partial charge is 0.298 e. The van der Waals surface area contributed by atoms with Crippen molar-refractivity contribution in [2.75, 3.05) is 24.4 Å². The maximum atomic E-state index is 10.7. The normalized spacial score (nSPS) is 17.6. The lowest BCUT2D eigenvalue weighted by Gasteiger charge is -2.14. The van der Waals surface area contributed by atoms with Crippen LogP contribution in [0.3, 0.4) is 0 Å². The maximum Gasteiger partial charge on any atom is 0.298 e. The van der Waals surface area contributed by atoms with Gasteiger partial charge in [0, 0.05) is 42.5 Å². The van der Waals surface area contributed by atoms with Crippen LogP contribution in [-0.2, 0) is 4.79 Å². The van der Waals surface area contributed by atoms with E-state index in [1.807, 2.05) is 31.3 Å². The fourth-order valence-corrected chi connectivity index (χ4v) is 3.14. The summed E-state index contributed by atoms with van der Waals surface area (Å²) in [6, 6.07) is 9.90. The summed E-state index contributed by atoms with van der Waals surface area (Å²) in [4.78, 5) is 12.8. The van der Waals surface area contributed by atoms with Gasteiger partial charge in [0.2, 0.25) is 0 Å². The van der Waals surface area contributed by atoms with Crippen LogP contribution in [0, 0.1) is 0 Å². The van der Waals surface area contributed by atoms with E-state index >= 15 is 0 Å². The minimum Gasteiger partial charge on any atom is -0.428 e. The van der Waals surface area contributed by atoms with Gasteiger partial charge in [0.05, 0.1) is 0 Å². The van der Waals surface area contributed by atoms with Gasteiger partial charge in [0.25, 0.3) is 6.47 Å². The first-order valence-corrected chi connectivity index (χ1v) is 6.72. The van der Waals surface area contributed by atoms with Crippen LogP contribution < -0.4 is 9.64 Å². The summed E-state index contributed by atoms with van der Waals surface area (Å²) in [7, 11) is 2.03. The lowest BCUT2D eigenvalue weighted by Crippen LogP contribution is -2.15. The molecule has 3 nitrogen and oxygen atoms in total. The fourth-order valence-electron chi connectivity index (χ4n) is 2.89. The van der Waals surface area contributed by atoms with E-state index in [9.17, 15) is 4.79 Å². The zero-order valence-electron chi connectivity index (χ0n) is 10.6. The summed E-state index contributed by atoms with van der Waals surface area (Å²) in [6.45, 7) is 1.37. The van der Waals surface area contributed by atoms with E-state index in [1.54, 1.807) is 0 Å². The van der Waals surface area contributed by atoms with Crippen LogP contribution in [-0.4, -0.2) is 25.9 Å². The molecule has 0 spiro atoms. The Balaban J connectivity index is 2.33. The Labute approximate surface area is 116 Å². The van der Waals surface area contributed by atoms with Crippen molar-refractivity contribution < 1.29 is 9.53 Å². The monoisotopic (exact) mass is 275 g/mol.